The van der Waals surface area contributed by atoms with Gasteiger partial charge >= 0.3 is 21.8 Å². The van der Waals surface area contributed by atoms with Gasteiger partial charge in [-0.25, -0.2) is 9.36 Å². The largest absolute Gasteiger partial charge is 0.566 e. The number of nitrogens with two attached hydrogens (primary N) is 1. The molecule has 302 valence electrons. The molecule has 6 N–H and O–H groups in total. The number of benzene rings is 1. The summed E-state index contributed by atoms with van der Waals surface area (Å²) in [5, 5.41) is 11.8. The van der Waals surface area contributed by atoms with Crippen LogP contribution < -0.4 is 37.2 Å². The first-order chi connectivity index (χ1) is 26.8. The number of carbonyl (C=O) groups excluding carboxylic acids is 2. The lowest BCUT2D eigenvalue weighted by molar-refractivity contribution is -0.179. The van der Waals surface area contributed by atoms with Crippen molar-refractivity contribution in [3.63, 3.8) is 0 Å². The molecule has 6 unspecified atom stereocenters. The number of aromatic nitrogens is 2. The molecular formula is C28H35N11O15P2. The zero-order valence-corrected chi connectivity index (χ0v) is 30.8. The van der Waals surface area contributed by atoms with E-state index < -0.39 is 77.8 Å². The van der Waals surface area contributed by atoms with Gasteiger partial charge in [0.25, 0.3) is 11.5 Å². The molecular weight excluding hydrogens is 792 g/mol. The third-order valence-electron chi connectivity index (χ3n) is 6.91. The second-order valence-electron chi connectivity index (χ2n) is 10.8. The van der Waals surface area contributed by atoms with Crippen molar-refractivity contribution in [2.24, 2.45) is 16.0 Å². The Labute approximate surface area is 316 Å². The quantitative estimate of drug-likeness (QED) is 0.0236. The second kappa shape index (κ2) is 23.7. The van der Waals surface area contributed by atoms with E-state index in [1.807, 2.05) is 0 Å². The summed E-state index contributed by atoms with van der Waals surface area (Å²) in [6.45, 7) is -1.66. The lowest BCUT2D eigenvalue weighted by Gasteiger charge is -2.18. The van der Waals surface area contributed by atoms with E-state index in [9.17, 15) is 38.1 Å². The van der Waals surface area contributed by atoms with Gasteiger partial charge in [-0.3, -0.25) is 28.5 Å². The lowest BCUT2D eigenvalue weighted by Crippen LogP contribution is -2.34. The molecule has 2 aromatic rings. The van der Waals surface area contributed by atoms with Crippen LogP contribution in [0.2, 0.25) is 0 Å². The summed E-state index contributed by atoms with van der Waals surface area (Å²) in [4.78, 5) is 76.9. The molecule has 2 heterocycles. The van der Waals surface area contributed by atoms with Gasteiger partial charge in [0.2, 0.25) is 5.91 Å². The minimum atomic E-state index is -5.05. The Balaban J connectivity index is 1.47. The molecule has 0 saturated carbocycles. The number of rotatable bonds is 23. The third kappa shape index (κ3) is 15.9. The average molecular weight is 828 g/mol. The normalized spacial score (nSPS) is 17.8. The molecule has 3 rings (SSSR count). The number of ether oxygens (including phenoxy) is 5. The van der Waals surface area contributed by atoms with Crippen LogP contribution in [0.3, 0.4) is 0 Å². The molecule has 26 nitrogen and oxygen atoms in total. The summed E-state index contributed by atoms with van der Waals surface area (Å²) in [5.74, 6) is 4.47. The first kappa shape index (κ1) is 45.2. The molecule has 1 saturated heterocycles. The van der Waals surface area contributed by atoms with Crippen molar-refractivity contribution in [3.8, 4) is 17.6 Å². The summed E-state index contributed by atoms with van der Waals surface area (Å²) < 4.78 is 59.3. The molecule has 1 aromatic heterocycles. The standard InChI is InChI=1S/C28H35N11O15P2/c29-6-8-33-26(41)18-3-1-5-20(11-18)50-16-24(36-38-31)49-10-9-48-15-23(40)32-7-2-4-19-13-39(28(43)35-27(19)42)25-12-21(51-17-34-37-30)22(53-25)14-52-56(46,47)54-55(44)45/h1,3,5,11,13,21-22,24-25H,6-10,12,14-17,29H2,(H,32,40)(H,33,41)(H,46,47)(H,35,42,43). The van der Waals surface area contributed by atoms with E-state index in [1.165, 1.54) is 6.07 Å². The molecule has 1 aliphatic heterocycles. The predicted octanol–water partition coefficient (Wildman–Crippen LogP) is -0.467. The van der Waals surface area contributed by atoms with Crippen LogP contribution in [0.1, 0.15) is 28.6 Å². The van der Waals surface area contributed by atoms with E-state index in [-0.39, 0.29) is 50.8 Å². The Morgan fingerprint density at radius 3 is 2.80 bits per heavy atom. The molecule has 0 aliphatic carbocycles. The third-order valence-corrected chi connectivity index (χ3v) is 8.74. The van der Waals surface area contributed by atoms with Crippen molar-refractivity contribution in [3.05, 3.63) is 83.3 Å². The number of nitrogens with one attached hydrogen (secondary N) is 3. The van der Waals surface area contributed by atoms with E-state index in [0.29, 0.717) is 17.9 Å². The maximum Gasteiger partial charge on any atom is 0.515 e. The summed E-state index contributed by atoms with van der Waals surface area (Å²) in [6.07, 6.45) is -3.52. The highest BCUT2D eigenvalue weighted by Gasteiger charge is 2.40. The van der Waals surface area contributed by atoms with Gasteiger partial charge in [-0.05, 0) is 38.1 Å². The van der Waals surface area contributed by atoms with Crippen molar-refractivity contribution >= 4 is 27.9 Å². The first-order valence-electron chi connectivity index (χ1n) is 16.0. The molecule has 56 heavy (non-hydrogen) atoms. The zero-order chi connectivity index (χ0) is 40.9. The fourth-order valence-electron chi connectivity index (χ4n) is 4.51. The number of H-pyrrole nitrogens is 1. The highest BCUT2D eigenvalue weighted by Crippen LogP contribution is 2.50. The first-order valence-corrected chi connectivity index (χ1v) is 18.6. The van der Waals surface area contributed by atoms with Crippen LogP contribution >= 0.6 is 16.1 Å². The van der Waals surface area contributed by atoms with Crippen molar-refractivity contribution in [1.29, 1.82) is 0 Å². The maximum atomic E-state index is 12.6. The smallest absolute Gasteiger partial charge is 0.515 e. The molecule has 0 spiro atoms. The highest BCUT2D eigenvalue weighted by molar-refractivity contribution is 7.55. The topological polar surface area (TPSA) is 379 Å². The number of aromatic amines is 1. The van der Waals surface area contributed by atoms with Gasteiger partial charge in [0, 0.05) is 41.1 Å². The van der Waals surface area contributed by atoms with Crippen LogP contribution in [0.15, 0.2) is 50.3 Å². The number of carbonyl (C=O) groups is 2. The van der Waals surface area contributed by atoms with Crippen molar-refractivity contribution in [2.75, 3.05) is 59.4 Å². The van der Waals surface area contributed by atoms with Crippen molar-refractivity contribution in [1.82, 2.24) is 20.2 Å². The number of phosphoric ester groups is 1. The summed E-state index contributed by atoms with van der Waals surface area (Å²) in [5.41, 5.74) is 21.1. The molecule has 0 radical (unpaired) electrons. The molecule has 2 amide bonds. The SMILES string of the molecule is [N-]=[N+]=NCOC1CC(n2cc(C#CCNC(=O)COCCOC(COc3cccc(C(=O)NCCN)c3)N=[N+]=[N-])c(=O)[nH]c2=O)OC1COP(=O)(O)O[P+](=O)[O-]. The van der Waals surface area contributed by atoms with Crippen LogP contribution in [-0.4, -0.2) is 104 Å². The van der Waals surface area contributed by atoms with Crippen molar-refractivity contribution < 1.29 is 61.0 Å². The number of phosphoric acid groups is 1. The Kier molecular flexibility index (Phi) is 19.1. The van der Waals surface area contributed by atoms with E-state index in [2.05, 4.69) is 56.3 Å². The van der Waals surface area contributed by atoms with Crippen LogP contribution in [0.25, 0.3) is 20.9 Å². The monoisotopic (exact) mass is 827 g/mol. The van der Waals surface area contributed by atoms with E-state index in [1.54, 1.807) is 18.2 Å². The van der Waals surface area contributed by atoms with Gasteiger partial charge in [0.1, 0.15) is 43.6 Å². The Hall–Kier alpha value is -5.21. The highest BCUT2D eigenvalue weighted by atomic mass is 31.2. The molecule has 1 aromatic carbocycles. The van der Waals surface area contributed by atoms with Gasteiger partial charge < -0.3 is 49.8 Å². The van der Waals surface area contributed by atoms with Gasteiger partial charge in [0.15, 0.2) is 6.23 Å². The number of hydrogen-bond acceptors (Lipinski definition) is 17. The van der Waals surface area contributed by atoms with Gasteiger partial charge in [-0.2, -0.15) is 0 Å². The number of azide groups is 2. The number of nitrogens with zero attached hydrogens (tertiary/aromatic N) is 7. The Bertz CT molecular complexity index is 2010. The summed E-state index contributed by atoms with van der Waals surface area (Å²) >= 11 is 0. The van der Waals surface area contributed by atoms with Crippen LogP contribution in [-0.2, 0) is 41.7 Å². The van der Waals surface area contributed by atoms with E-state index in [0.717, 1.165) is 10.8 Å². The number of hydrogen-bond donors (Lipinski definition) is 5. The average Bonchev–Trinajstić information content (AvgIpc) is 3.56. The molecule has 1 fully saturated rings. The van der Waals surface area contributed by atoms with E-state index >= 15 is 0 Å². The van der Waals surface area contributed by atoms with E-state index in [4.69, 9.17) is 40.5 Å². The lowest BCUT2D eigenvalue weighted by atomic mass is 10.2. The Morgan fingerprint density at radius 1 is 1.27 bits per heavy atom. The molecule has 1 aliphatic rings. The van der Waals surface area contributed by atoms with Gasteiger partial charge in [-0.15, -0.1) is 0 Å². The van der Waals surface area contributed by atoms with Gasteiger partial charge in [0.05, 0.1) is 32.5 Å². The molecule has 28 heteroatoms. The second-order valence-corrected chi connectivity index (χ2v) is 13.0. The fourth-order valence-corrected chi connectivity index (χ4v) is 5.71. The minimum Gasteiger partial charge on any atom is -0.566 e. The summed E-state index contributed by atoms with van der Waals surface area (Å²) in [7, 11) is -8.79. The number of amides is 2. The van der Waals surface area contributed by atoms with Crippen LogP contribution in [0.5, 0.6) is 5.75 Å². The fraction of sp³-hybridized carbons (Fsp3) is 0.500. The Morgan fingerprint density at radius 2 is 2.07 bits per heavy atom. The van der Waals surface area contributed by atoms with Gasteiger partial charge in [-0.1, -0.05) is 28.1 Å². The minimum absolute atomic E-state index is 0.0769. The molecule has 6 atom stereocenters. The zero-order valence-electron chi connectivity index (χ0n) is 29.0. The predicted molar refractivity (Wildman–Crippen MR) is 186 cm³/mol. The maximum absolute atomic E-state index is 12.6. The van der Waals surface area contributed by atoms with Crippen molar-refractivity contribution in [2.45, 2.75) is 31.1 Å². The van der Waals surface area contributed by atoms with Crippen LogP contribution in [0.4, 0.5) is 0 Å². The molecule has 0 bridgehead atoms. The van der Waals surface area contributed by atoms with Crippen LogP contribution in [0, 0.1) is 11.8 Å². The summed E-state index contributed by atoms with van der Waals surface area (Å²) in [6, 6.07) is 6.29.